The Hall–Kier alpha value is -3.68. The summed E-state index contributed by atoms with van der Waals surface area (Å²) in [5.41, 5.74) is 1.86. The van der Waals surface area contributed by atoms with Crippen LogP contribution in [0.1, 0.15) is 50.3 Å². The van der Waals surface area contributed by atoms with Crippen molar-refractivity contribution in [3.8, 4) is 0 Å². The van der Waals surface area contributed by atoms with E-state index < -0.39 is 30.2 Å². The SMILES string of the molecule is CC(C)C[C@H](NC(=O)OC(Cc1ccccc1)c1ccccc1)C(=O)N[C@H](C=O)C[C@@H]1CCNC1=O. The highest BCUT2D eigenvalue weighted by Gasteiger charge is 2.30. The molecule has 3 N–H and O–H groups in total. The van der Waals surface area contributed by atoms with Crippen LogP contribution >= 0.6 is 0 Å². The van der Waals surface area contributed by atoms with Crippen LogP contribution in [0, 0.1) is 11.8 Å². The lowest BCUT2D eigenvalue weighted by molar-refractivity contribution is -0.127. The standard InChI is InChI=1S/C28H35N3O5/c1-19(2)15-24(27(34)30-23(18-32)17-22-13-14-29-26(22)33)31-28(35)36-25(21-11-7-4-8-12-21)16-20-9-5-3-6-10-20/h3-12,18-19,22-25H,13-17H2,1-2H3,(H,29,33)(H,30,34)(H,31,35)/t22-,23-,24-,25?/m0/s1. The molecule has 0 spiro atoms. The lowest BCUT2D eigenvalue weighted by Gasteiger charge is -2.24. The predicted molar refractivity (Wildman–Crippen MR) is 136 cm³/mol. The molecule has 1 fully saturated rings. The Kier molecular flexibility index (Phi) is 10.0. The summed E-state index contributed by atoms with van der Waals surface area (Å²) in [6.07, 6.45) is 1.09. The molecule has 2 aromatic carbocycles. The average molecular weight is 494 g/mol. The van der Waals surface area contributed by atoms with Crippen molar-refractivity contribution in [2.24, 2.45) is 11.8 Å². The largest absolute Gasteiger partial charge is 0.441 e. The van der Waals surface area contributed by atoms with Gasteiger partial charge in [0.15, 0.2) is 0 Å². The van der Waals surface area contributed by atoms with Crippen LogP contribution in [0.2, 0.25) is 0 Å². The predicted octanol–water partition coefficient (Wildman–Crippen LogP) is 3.32. The fourth-order valence-electron chi connectivity index (χ4n) is 4.34. The van der Waals surface area contributed by atoms with Crippen molar-refractivity contribution in [1.82, 2.24) is 16.0 Å². The fourth-order valence-corrected chi connectivity index (χ4v) is 4.34. The first-order valence-corrected chi connectivity index (χ1v) is 12.4. The second kappa shape index (κ2) is 13.4. The maximum Gasteiger partial charge on any atom is 0.408 e. The summed E-state index contributed by atoms with van der Waals surface area (Å²) >= 11 is 0. The molecule has 8 nitrogen and oxygen atoms in total. The zero-order valence-corrected chi connectivity index (χ0v) is 20.8. The Labute approximate surface area is 212 Å². The van der Waals surface area contributed by atoms with Crippen LogP contribution in [0.5, 0.6) is 0 Å². The quantitative estimate of drug-likeness (QED) is 0.393. The fraction of sp³-hybridized carbons (Fsp3) is 0.429. The van der Waals surface area contributed by atoms with Crippen LogP contribution in [-0.2, 0) is 25.5 Å². The summed E-state index contributed by atoms with van der Waals surface area (Å²) < 4.78 is 5.80. The minimum Gasteiger partial charge on any atom is -0.441 e. The molecule has 0 bridgehead atoms. The van der Waals surface area contributed by atoms with Crippen molar-refractivity contribution in [3.05, 3.63) is 71.8 Å². The average Bonchev–Trinajstić information content (AvgIpc) is 3.27. The smallest absolute Gasteiger partial charge is 0.408 e. The third-order valence-electron chi connectivity index (χ3n) is 6.19. The Balaban J connectivity index is 1.66. The van der Waals surface area contributed by atoms with Crippen LogP contribution in [0.25, 0.3) is 0 Å². The monoisotopic (exact) mass is 493 g/mol. The van der Waals surface area contributed by atoms with Crippen molar-refractivity contribution < 1.29 is 23.9 Å². The first-order valence-electron chi connectivity index (χ1n) is 12.4. The molecule has 1 aliphatic rings. The van der Waals surface area contributed by atoms with Gasteiger partial charge in [0, 0.05) is 18.9 Å². The van der Waals surface area contributed by atoms with Gasteiger partial charge >= 0.3 is 6.09 Å². The molecule has 3 amide bonds. The van der Waals surface area contributed by atoms with Crippen molar-refractivity contribution in [2.45, 2.75) is 57.7 Å². The van der Waals surface area contributed by atoms with E-state index in [-0.39, 0.29) is 24.2 Å². The third kappa shape index (κ3) is 8.22. The lowest BCUT2D eigenvalue weighted by Crippen LogP contribution is -2.51. The Morgan fingerprint density at radius 3 is 2.31 bits per heavy atom. The molecule has 0 radical (unpaired) electrons. The molecular weight excluding hydrogens is 458 g/mol. The van der Waals surface area contributed by atoms with Crippen molar-refractivity contribution in [2.75, 3.05) is 6.54 Å². The van der Waals surface area contributed by atoms with E-state index >= 15 is 0 Å². The molecular formula is C28H35N3O5. The summed E-state index contributed by atoms with van der Waals surface area (Å²) in [5, 5.41) is 8.13. The molecule has 0 saturated carbocycles. The number of nitrogens with one attached hydrogen (secondary N) is 3. The third-order valence-corrected chi connectivity index (χ3v) is 6.19. The number of benzene rings is 2. The second-order valence-corrected chi connectivity index (χ2v) is 9.58. The van der Waals surface area contributed by atoms with E-state index in [0.717, 1.165) is 11.1 Å². The molecule has 3 rings (SSSR count). The van der Waals surface area contributed by atoms with Gasteiger partial charge in [-0.3, -0.25) is 9.59 Å². The van der Waals surface area contributed by atoms with Gasteiger partial charge < -0.3 is 25.5 Å². The second-order valence-electron chi connectivity index (χ2n) is 9.58. The van der Waals surface area contributed by atoms with Gasteiger partial charge in [-0.25, -0.2) is 4.79 Å². The van der Waals surface area contributed by atoms with Gasteiger partial charge in [-0.05, 0) is 36.3 Å². The van der Waals surface area contributed by atoms with Crippen LogP contribution in [-0.4, -0.2) is 42.8 Å². The lowest BCUT2D eigenvalue weighted by atomic mass is 9.98. The molecule has 1 unspecified atom stereocenters. The Morgan fingerprint density at radius 2 is 1.72 bits per heavy atom. The summed E-state index contributed by atoms with van der Waals surface area (Å²) in [7, 11) is 0. The highest BCUT2D eigenvalue weighted by atomic mass is 16.6. The van der Waals surface area contributed by atoms with Crippen LogP contribution in [0.15, 0.2) is 60.7 Å². The molecule has 1 heterocycles. The van der Waals surface area contributed by atoms with Crippen LogP contribution < -0.4 is 16.0 Å². The number of hydrogen-bond donors (Lipinski definition) is 3. The molecule has 4 atom stereocenters. The van der Waals surface area contributed by atoms with E-state index in [4.69, 9.17) is 4.74 Å². The van der Waals surface area contributed by atoms with E-state index in [0.29, 0.717) is 32.1 Å². The normalized spacial score (nSPS) is 17.5. The zero-order chi connectivity index (χ0) is 25.9. The molecule has 2 aromatic rings. The van der Waals surface area contributed by atoms with Crippen molar-refractivity contribution in [3.63, 3.8) is 0 Å². The number of aldehydes is 1. The molecule has 1 saturated heterocycles. The number of amides is 3. The van der Waals surface area contributed by atoms with Gasteiger partial charge in [0.2, 0.25) is 11.8 Å². The number of ether oxygens (including phenoxy) is 1. The van der Waals surface area contributed by atoms with Crippen molar-refractivity contribution >= 4 is 24.2 Å². The number of hydrogen-bond acceptors (Lipinski definition) is 5. The summed E-state index contributed by atoms with van der Waals surface area (Å²) in [6, 6.07) is 17.5. The molecule has 0 aliphatic carbocycles. The molecule has 1 aliphatic heterocycles. The summed E-state index contributed by atoms with van der Waals surface area (Å²) in [6.45, 7) is 4.45. The van der Waals surface area contributed by atoms with E-state index in [1.165, 1.54) is 0 Å². The number of rotatable bonds is 12. The Morgan fingerprint density at radius 1 is 1.06 bits per heavy atom. The molecule has 192 valence electrons. The van der Waals surface area contributed by atoms with Gasteiger partial charge in [0.1, 0.15) is 18.4 Å². The van der Waals surface area contributed by atoms with Gasteiger partial charge in [-0.1, -0.05) is 74.5 Å². The van der Waals surface area contributed by atoms with Gasteiger partial charge in [-0.15, -0.1) is 0 Å². The maximum atomic E-state index is 13.0. The van der Waals surface area contributed by atoms with Crippen molar-refractivity contribution in [1.29, 1.82) is 0 Å². The van der Waals surface area contributed by atoms with Gasteiger partial charge in [0.05, 0.1) is 6.04 Å². The minimum atomic E-state index is -0.884. The van der Waals surface area contributed by atoms with Gasteiger partial charge in [-0.2, -0.15) is 0 Å². The summed E-state index contributed by atoms with van der Waals surface area (Å²) in [4.78, 5) is 49.5. The molecule has 8 heteroatoms. The van der Waals surface area contributed by atoms with E-state index in [1.807, 2.05) is 74.5 Å². The number of carbonyl (C=O) groups is 4. The van der Waals surface area contributed by atoms with E-state index in [9.17, 15) is 19.2 Å². The topological polar surface area (TPSA) is 114 Å². The minimum absolute atomic E-state index is 0.102. The first kappa shape index (κ1) is 26.9. The van der Waals surface area contributed by atoms with E-state index in [2.05, 4.69) is 16.0 Å². The van der Waals surface area contributed by atoms with Crippen LogP contribution in [0.3, 0.4) is 0 Å². The highest BCUT2D eigenvalue weighted by molar-refractivity contribution is 5.88. The van der Waals surface area contributed by atoms with Gasteiger partial charge in [0.25, 0.3) is 0 Å². The first-order chi connectivity index (χ1) is 17.4. The van der Waals surface area contributed by atoms with Crippen LogP contribution in [0.4, 0.5) is 4.79 Å². The molecule has 36 heavy (non-hydrogen) atoms. The maximum absolute atomic E-state index is 13.0. The Bertz CT molecular complexity index is 1010. The number of carbonyl (C=O) groups excluding carboxylic acids is 4. The summed E-state index contributed by atoms with van der Waals surface area (Å²) in [5.74, 6) is -0.797. The highest BCUT2D eigenvalue weighted by Crippen LogP contribution is 2.23. The zero-order valence-electron chi connectivity index (χ0n) is 20.8. The van der Waals surface area contributed by atoms with E-state index in [1.54, 1.807) is 0 Å². The molecule has 0 aromatic heterocycles. The number of alkyl carbamates (subject to hydrolysis) is 1.